The minimum Gasteiger partial charge on any atom is -0.471 e. The third-order valence-electron chi connectivity index (χ3n) is 2.31. The van der Waals surface area contributed by atoms with Gasteiger partial charge in [0.15, 0.2) is 0 Å². The highest BCUT2D eigenvalue weighted by Crippen LogP contribution is 2.45. The lowest BCUT2D eigenvalue weighted by Crippen LogP contribution is -2.32. The van der Waals surface area contributed by atoms with E-state index in [2.05, 4.69) is 14.6 Å². The third kappa shape index (κ3) is 3.52. The molecule has 0 aromatic heterocycles. The SMILES string of the molecule is CCOC(=O)C1=C(C(F)(F)F)C(C(F)(F)F)=C(N=N)OC1. The van der Waals surface area contributed by atoms with Crippen LogP contribution >= 0.6 is 0 Å². The molecule has 0 radical (unpaired) electrons. The molecule has 0 unspecified atom stereocenters. The van der Waals surface area contributed by atoms with Gasteiger partial charge in [0.25, 0.3) is 0 Å². The Bertz CT molecular complexity index is 518. The summed E-state index contributed by atoms with van der Waals surface area (Å²) in [6, 6.07) is 0. The van der Waals surface area contributed by atoms with Crippen LogP contribution in [0.2, 0.25) is 0 Å². The summed E-state index contributed by atoms with van der Waals surface area (Å²) in [7, 11) is 0. The van der Waals surface area contributed by atoms with Gasteiger partial charge in [0.1, 0.15) is 12.2 Å². The fraction of sp³-hybridized carbons (Fsp3) is 0.500. The minimum atomic E-state index is -5.51. The summed E-state index contributed by atoms with van der Waals surface area (Å²) in [4.78, 5) is 11.4. The van der Waals surface area contributed by atoms with Crippen molar-refractivity contribution in [3.8, 4) is 0 Å². The van der Waals surface area contributed by atoms with Crippen molar-refractivity contribution in [2.45, 2.75) is 19.3 Å². The van der Waals surface area contributed by atoms with Crippen LogP contribution in [0.5, 0.6) is 0 Å². The number of halogens is 6. The zero-order valence-electron chi connectivity index (χ0n) is 10.4. The Morgan fingerprint density at radius 3 is 2.14 bits per heavy atom. The second-order valence-corrected chi connectivity index (χ2v) is 3.65. The first-order valence-electron chi connectivity index (χ1n) is 5.33. The fourth-order valence-corrected chi connectivity index (χ4v) is 1.59. The molecule has 1 aliphatic rings. The molecule has 0 bridgehead atoms. The van der Waals surface area contributed by atoms with Crippen molar-refractivity contribution >= 4 is 5.97 Å². The number of ether oxygens (including phenoxy) is 2. The molecule has 0 fully saturated rings. The van der Waals surface area contributed by atoms with Crippen molar-refractivity contribution in [3.05, 3.63) is 22.6 Å². The van der Waals surface area contributed by atoms with Gasteiger partial charge in [-0.2, -0.15) is 26.3 Å². The summed E-state index contributed by atoms with van der Waals surface area (Å²) in [5.74, 6) is -3.13. The number of allylic oxidation sites excluding steroid dienone is 2. The average Bonchev–Trinajstić information content (AvgIpc) is 2.35. The average molecular weight is 318 g/mol. The van der Waals surface area contributed by atoms with E-state index in [-0.39, 0.29) is 6.61 Å². The van der Waals surface area contributed by atoms with E-state index >= 15 is 0 Å². The maximum absolute atomic E-state index is 12.9. The Morgan fingerprint density at radius 1 is 1.24 bits per heavy atom. The van der Waals surface area contributed by atoms with E-state index in [9.17, 15) is 31.1 Å². The second-order valence-electron chi connectivity index (χ2n) is 3.65. The van der Waals surface area contributed by atoms with E-state index < -0.39 is 47.5 Å². The first-order valence-corrected chi connectivity index (χ1v) is 5.33. The predicted molar refractivity (Wildman–Crippen MR) is 53.9 cm³/mol. The van der Waals surface area contributed by atoms with Crippen LogP contribution in [0.3, 0.4) is 0 Å². The Kier molecular flexibility index (Phi) is 4.64. The largest absolute Gasteiger partial charge is 0.471 e. The summed E-state index contributed by atoms with van der Waals surface area (Å²) < 4.78 is 85.8. The number of esters is 1. The number of carbonyl (C=O) groups excluding carboxylic acids is 1. The number of hydrogen-bond acceptors (Lipinski definition) is 5. The molecule has 1 rings (SSSR count). The van der Waals surface area contributed by atoms with Gasteiger partial charge >= 0.3 is 18.3 Å². The maximum atomic E-state index is 12.9. The fourth-order valence-electron chi connectivity index (χ4n) is 1.59. The molecule has 1 N–H and O–H groups in total. The summed E-state index contributed by atoms with van der Waals surface area (Å²) >= 11 is 0. The number of rotatable bonds is 3. The van der Waals surface area contributed by atoms with Gasteiger partial charge in [-0.3, -0.25) is 0 Å². The summed E-state index contributed by atoms with van der Waals surface area (Å²) in [6.07, 6.45) is -11.0. The molecular formula is C10H8F6N2O3. The number of hydrogen-bond donors (Lipinski definition) is 1. The highest BCUT2D eigenvalue weighted by atomic mass is 19.4. The Morgan fingerprint density at radius 2 is 1.76 bits per heavy atom. The van der Waals surface area contributed by atoms with E-state index in [1.165, 1.54) is 6.92 Å². The zero-order valence-corrected chi connectivity index (χ0v) is 10.4. The predicted octanol–water partition coefficient (Wildman–Crippen LogP) is 3.24. The van der Waals surface area contributed by atoms with Crippen LogP contribution in [0, 0.1) is 5.53 Å². The number of alkyl halides is 6. The van der Waals surface area contributed by atoms with E-state index in [0.717, 1.165) is 0 Å². The molecule has 11 heteroatoms. The molecule has 0 aliphatic carbocycles. The molecule has 0 atom stereocenters. The highest BCUT2D eigenvalue weighted by molar-refractivity contribution is 5.91. The van der Waals surface area contributed by atoms with Crippen LogP contribution in [-0.2, 0) is 14.3 Å². The molecule has 21 heavy (non-hydrogen) atoms. The van der Waals surface area contributed by atoms with Crippen molar-refractivity contribution in [1.29, 1.82) is 5.53 Å². The summed E-state index contributed by atoms with van der Waals surface area (Å²) in [6.45, 7) is -0.167. The van der Waals surface area contributed by atoms with Crippen molar-refractivity contribution in [2.75, 3.05) is 13.2 Å². The quantitative estimate of drug-likeness (QED) is 0.493. The van der Waals surface area contributed by atoms with Gasteiger partial charge in [0, 0.05) is 0 Å². The summed E-state index contributed by atoms with van der Waals surface area (Å²) in [5, 5.41) is 2.30. The molecule has 118 valence electrons. The minimum absolute atomic E-state index is 0.325. The monoisotopic (exact) mass is 318 g/mol. The number of nitrogens with one attached hydrogen (secondary N) is 1. The molecule has 5 nitrogen and oxygen atoms in total. The standard InChI is InChI=1S/C10H8F6N2O3/c1-2-20-8(19)4-3-21-7(18-17)6(10(14,15)16)5(4)9(11,12)13/h17H,2-3H2,1H3. The van der Waals surface area contributed by atoms with Crippen LogP contribution in [0.15, 0.2) is 27.7 Å². The van der Waals surface area contributed by atoms with Gasteiger partial charge in [-0.15, -0.1) is 5.11 Å². The smallest absolute Gasteiger partial charge is 0.422 e. The van der Waals surface area contributed by atoms with Crippen LogP contribution in [0.25, 0.3) is 0 Å². The first-order chi connectivity index (χ1) is 9.54. The molecule has 1 aliphatic heterocycles. The number of carbonyl (C=O) groups is 1. The van der Waals surface area contributed by atoms with E-state index in [1.807, 2.05) is 0 Å². The molecule has 0 saturated heterocycles. The molecular weight excluding hydrogens is 310 g/mol. The van der Waals surface area contributed by atoms with Crippen molar-refractivity contribution < 1.29 is 40.6 Å². The normalized spacial score (nSPS) is 16.7. The van der Waals surface area contributed by atoms with Gasteiger partial charge in [-0.1, -0.05) is 0 Å². The van der Waals surface area contributed by atoms with Crippen molar-refractivity contribution in [2.24, 2.45) is 5.11 Å². The highest BCUT2D eigenvalue weighted by Gasteiger charge is 2.53. The molecule has 0 saturated carbocycles. The Hall–Kier alpha value is -2.07. The lowest BCUT2D eigenvalue weighted by atomic mass is 9.97. The van der Waals surface area contributed by atoms with Crippen LogP contribution < -0.4 is 0 Å². The van der Waals surface area contributed by atoms with Gasteiger partial charge in [0.05, 0.1) is 17.8 Å². The molecule has 0 amide bonds. The second kappa shape index (κ2) is 5.74. The van der Waals surface area contributed by atoms with Gasteiger partial charge in [0.2, 0.25) is 5.88 Å². The third-order valence-corrected chi connectivity index (χ3v) is 2.31. The Balaban J connectivity index is 3.62. The lowest BCUT2D eigenvalue weighted by Gasteiger charge is -2.26. The molecule has 0 aromatic carbocycles. The van der Waals surface area contributed by atoms with Crippen molar-refractivity contribution in [3.63, 3.8) is 0 Å². The van der Waals surface area contributed by atoms with Crippen LogP contribution in [0.1, 0.15) is 6.92 Å². The van der Waals surface area contributed by atoms with Crippen LogP contribution in [-0.4, -0.2) is 31.5 Å². The Labute approximate surface area is 113 Å². The number of nitrogens with zero attached hydrogens (tertiary/aromatic N) is 1. The van der Waals surface area contributed by atoms with Gasteiger partial charge < -0.3 is 9.47 Å². The van der Waals surface area contributed by atoms with Crippen molar-refractivity contribution in [1.82, 2.24) is 0 Å². The molecule has 0 aromatic rings. The van der Waals surface area contributed by atoms with E-state index in [4.69, 9.17) is 5.53 Å². The van der Waals surface area contributed by atoms with Gasteiger partial charge in [-0.25, -0.2) is 10.3 Å². The van der Waals surface area contributed by atoms with E-state index in [0.29, 0.717) is 0 Å². The lowest BCUT2D eigenvalue weighted by molar-refractivity contribution is -0.142. The first kappa shape index (κ1) is 17.0. The maximum Gasteiger partial charge on any atom is 0.422 e. The van der Waals surface area contributed by atoms with Gasteiger partial charge in [-0.05, 0) is 6.92 Å². The topological polar surface area (TPSA) is 71.7 Å². The van der Waals surface area contributed by atoms with E-state index in [1.54, 1.807) is 0 Å². The zero-order chi connectivity index (χ0) is 16.4. The molecule has 0 spiro atoms. The summed E-state index contributed by atoms with van der Waals surface area (Å²) in [5.41, 5.74) is 0.612. The molecule has 1 heterocycles. The van der Waals surface area contributed by atoms with Crippen LogP contribution in [0.4, 0.5) is 26.3 Å².